The van der Waals surface area contributed by atoms with Gasteiger partial charge in [-0.3, -0.25) is 9.79 Å². The molecule has 152 valence electrons. The quantitative estimate of drug-likeness (QED) is 0.367. The van der Waals surface area contributed by atoms with Gasteiger partial charge in [-0.25, -0.2) is 0 Å². The highest BCUT2D eigenvalue weighted by molar-refractivity contribution is 14.0. The standard InChI is InChI=1S/C20H32N4O2.HI/c1-7-22-17(25)13-26-16-10-8-9-15(11-16)12-23-18(21-6)24-14-19(2,3)20(24,4)5;/h8-11H,7,12-14H2,1-6H3,(H,21,23)(H,22,25);1H. The van der Waals surface area contributed by atoms with Gasteiger partial charge in [0, 0.05) is 37.6 Å². The number of hydrogen-bond acceptors (Lipinski definition) is 3. The van der Waals surface area contributed by atoms with Crippen LogP contribution in [-0.2, 0) is 11.3 Å². The van der Waals surface area contributed by atoms with Gasteiger partial charge in [0.1, 0.15) is 5.75 Å². The van der Waals surface area contributed by atoms with E-state index in [2.05, 4.69) is 48.2 Å². The van der Waals surface area contributed by atoms with Gasteiger partial charge in [-0.1, -0.05) is 26.0 Å². The minimum absolute atomic E-state index is 0. The number of carbonyl (C=O) groups is 1. The molecule has 1 aromatic carbocycles. The Labute approximate surface area is 180 Å². The average Bonchev–Trinajstić information content (AvgIpc) is 2.60. The van der Waals surface area contributed by atoms with E-state index in [9.17, 15) is 4.79 Å². The fraction of sp³-hybridized carbons (Fsp3) is 0.600. The molecule has 0 atom stereocenters. The zero-order valence-corrected chi connectivity index (χ0v) is 19.6. The number of ether oxygens (including phenoxy) is 1. The number of hydrogen-bond donors (Lipinski definition) is 2. The van der Waals surface area contributed by atoms with Crippen molar-refractivity contribution >= 4 is 35.8 Å². The smallest absolute Gasteiger partial charge is 0.257 e. The SMILES string of the molecule is CCNC(=O)COc1cccc(CNC(=NC)N2CC(C)(C)C2(C)C)c1.I. The van der Waals surface area contributed by atoms with Gasteiger partial charge >= 0.3 is 0 Å². The van der Waals surface area contributed by atoms with Gasteiger partial charge in [0.05, 0.1) is 0 Å². The lowest BCUT2D eigenvalue weighted by Crippen LogP contribution is -2.72. The lowest BCUT2D eigenvalue weighted by molar-refractivity contribution is -0.122. The van der Waals surface area contributed by atoms with Gasteiger partial charge in [-0.05, 0) is 38.5 Å². The summed E-state index contributed by atoms with van der Waals surface area (Å²) in [6, 6.07) is 7.78. The third-order valence-corrected chi connectivity index (χ3v) is 5.44. The maximum Gasteiger partial charge on any atom is 0.257 e. The molecule has 0 spiro atoms. The number of likely N-dealkylation sites (N-methyl/N-ethyl adjacent to an activating group) is 1. The summed E-state index contributed by atoms with van der Waals surface area (Å²) in [5, 5.41) is 6.15. The molecule has 1 amide bonds. The summed E-state index contributed by atoms with van der Waals surface area (Å²) in [6.45, 7) is 13.2. The first kappa shape index (κ1) is 23.5. The monoisotopic (exact) mass is 488 g/mol. The molecule has 0 aliphatic carbocycles. The largest absolute Gasteiger partial charge is 0.484 e. The van der Waals surface area contributed by atoms with Gasteiger partial charge in [-0.15, -0.1) is 24.0 Å². The van der Waals surface area contributed by atoms with Crippen LogP contribution in [0, 0.1) is 5.41 Å². The molecule has 0 radical (unpaired) electrons. The summed E-state index contributed by atoms with van der Waals surface area (Å²) in [4.78, 5) is 18.3. The highest BCUT2D eigenvalue weighted by Crippen LogP contribution is 2.46. The van der Waals surface area contributed by atoms with E-state index in [1.165, 1.54) is 0 Å². The Hall–Kier alpha value is -1.51. The van der Waals surface area contributed by atoms with Gasteiger partial charge in [0.15, 0.2) is 12.6 Å². The molecule has 1 aliphatic rings. The normalized spacial score (nSPS) is 17.4. The van der Waals surface area contributed by atoms with Crippen molar-refractivity contribution in [1.82, 2.24) is 15.5 Å². The third-order valence-electron chi connectivity index (χ3n) is 5.44. The predicted octanol–water partition coefficient (Wildman–Crippen LogP) is 3.02. The second-order valence-corrected chi connectivity index (χ2v) is 7.82. The van der Waals surface area contributed by atoms with E-state index in [1.54, 1.807) is 0 Å². The number of halogens is 1. The van der Waals surface area contributed by atoms with Crippen molar-refractivity contribution in [3.05, 3.63) is 29.8 Å². The van der Waals surface area contributed by atoms with Gasteiger partial charge < -0.3 is 20.3 Å². The van der Waals surface area contributed by atoms with Gasteiger partial charge in [0.25, 0.3) is 5.91 Å². The number of rotatable bonds is 6. The number of benzene rings is 1. The molecule has 1 fully saturated rings. The Morgan fingerprint density at radius 3 is 2.52 bits per heavy atom. The Kier molecular flexibility index (Phi) is 8.38. The zero-order chi connectivity index (χ0) is 19.4. The average molecular weight is 488 g/mol. The second-order valence-electron chi connectivity index (χ2n) is 7.82. The molecule has 27 heavy (non-hydrogen) atoms. The summed E-state index contributed by atoms with van der Waals surface area (Å²) in [7, 11) is 1.82. The summed E-state index contributed by atoms with van der Waals surface area (Å²) in [6.07, 6.45) is 0. The second kappa shape index (κ2) is 9.61. The van der Waals surface area contributed by atoms with Crippen molar-refractivity contribution in [2.45, 2.75) is 46.7 Å². The van der Waals surface area contributed by atoms with E-state index in [4.69, 9.17) is 4.74 Å². The molecule has 7 heteroatoms. The van der Waals surface area contributed by atoms with E-state index in [1.807, 2.05) is 38.2 Å². The number of nitrogens with zero attached hydrogens (tertiary/aromatic N) is 2. The molecule has 2 N–H and O–H groups in total. The molecule has 0 aromatic heterocycles. The third kappa shape index (κ3) is 5.49. The zero-order valence-electron chi connectivity index (χ0n) is 17.3. The van der Waals surface area contributed by atoms with Crippen LogP contribution < -0.4 is 15.4 Å². The molecular formula is C20H33IN4O2. The maximum absolute atomic E-state index is 11.5. The number of aliphatic imine (C=N–C) groups is 1. The molecule has 2 rings (SSSR count). The fourth-order valence-electron chi connectivity index (χ4n) is 3.02. The fourth-order valence-corrected chi connectivity index (χ4v) is 3.02. The Balaban J connectivity index is 0.00000364. The van der Waals surface area contributed by atoms with Crippen LogP contribution >= 0.6 is 24.0 Å². The van der Waals surface area contributed by atoms with Crippen molar-refractivity contribution in [1.29, 1.82) is 0 Å². The topological polar surface area (TPSA) is 66.0 Å². The van der Waals surface area contributed by atoms with Crippen molar-refractivity contribution in [2.75, 3.05) is 26.7 Å². The number of nitrogens with one attached hydrogen (secondary N) is 2. The Morgan fingerprint density at radius 1 is 1.26 bits per heavy atom. The molecule has 1 saturated heterocycles. The number of amides is 1. The van der Waals surface area contributed by atoms with E-state index >= 15 is 0 Å². The molecule has 0 saturated carbocycles. The first-order chi connectivity index (χ1) is 12.2. The molecule has 1 aliphatic heterocycles. The van der Waals surface area contributed by atoms with Crippen LogP contribution in [-0.4, -0.2) is 49.0 Å². The summed E-state index contributed by atoms with van der Waals surface area (Å²) in [5.74, 6) is 1.48. The first-order valence-electron chi connectivity index (χ1n) is 9.18. The molecule has 1 aromatic rings. The summed E-state index contributed by atoms with van der Waals surface area (Å²) >= 11 is 0. The minimum Gasteiger partial charge on any atom is -0.484 e. The van der Waals surface area contributed by atoms with Crippen molar-refractivity contribution in [3.63, 3.8) is 0 Å². The van der Waals surface area contributed by atoms with Crippen LogP contribution in [0.4, 0.5) is 0 Å². The van der Waals surface area contributed by atoms with Crippen molar-refractivity contribution in [3.8, 4) is 5.75 Å². The molecule has 6 nitrogen and oxygen atoms in total. The summed E-state index contributed by atoms with van der Waals surface area (Å²) in [5.41, 5.74) is 1.40. The lowest BCUT2D eigenvalue weighted by Gasteiger charge is -2.62. The van der Waals surface area contributed by atoms with Crippen LogP contribution in [0.25, 0.3) is 0 Å². The van der Waals surface area contributed by atoms with Crippen LogP contribution in [0.2, 0.25) is 0 Å². The molecule has 1 heterocycles. The number of carbonyl (C=O) groups excluding carboxylic acids is 1. The highest BCUT2D eigenvalue weighted by atomic mass is 127. The Bertz CT molecular complexity index is 674. The molecule has 0 bridgehead atoms. The van der Waals surface area contributed by atoms with E-state index < -0.39 is 0 Å². The van der Waals surface area contributed by atoms with Crippen LogP contribution in [0.1, 0.15) is 40.2 Å². The molecule has 0 unspecified atom stereocenters. The lowest BCUT2D eigenvalue weighted by atomic mass is 9.65. The van der Waals surface area contributed by atoms with Crippen molar-refractivity contribution in [2.24, 2.45) is 10.4 Å². The molecular weight excluding hydrogens is 455 g/mol. The predicted molar refractivity (Wildman–Crippen MR) is 121 cm³/mol. The van der Waals surface area contributed by atoms with Crippen LogP contribution in [0.5, 0.6) is 5.75 Å². The van der Waals surface area contributed by atoms with Gasteiger partial charge in [0.2, 0.25) is 0 Å². The van der Waals surface area contributed by atoms with Crippen LogP contribution in [0.3, 0.4) is 0 Å². The minimum atomic E-state index is -0.112. The van der Waals surface area contributed by atoms with Gasteiger partial charge in [-0.2, -0.15) is 0 Å². The van der Waals surface area contributed by atoms with E-state index in [0.717, 1.165) is 18.1 Å². The van der Waals surface area contributed by atoms with E-state index in [-0.39, 0.29) is 47.4 Å². The first-order valence-corrected chi connectivity index (χ1v) is 9.18. The Morgan fingerprint density at radius 2 is 1.96 bits per heavy atom. The highest BCUT2D eigenvalue weighted by Gasteiger charge is 2.53. The van der Waals surface area contributed by atoms with Crippen LogP contribution in [0.15, 0.2) is 29.3 Å². The number of guanidine groups is 1. The number of likely N-dealkylation sites (tertiary alicyclic amines) is 1. The van der Waals surface area contributed by atoms with Crippen molar-refractivity contribution < 1.29 is 9.53 Å². The van der Waals surface area contributed by atoms with E-state index in [0.29, 0.717) is 18.8 Å². The summed E-state index contributed by atoms with van der Waals surface area (Å²) < 4.78 is 5.55. The maximum atomic E-state index is 11.5.